The molecule has 1 aromatic heterocycles. The molecule has 0 saturated heterocycles. The Hall–Kier alpha value is -2.06. The van der Waals surface area contributed by atoms with Gasteiger partial charge in [0.2, 0.25) is 11.4 Å². The van der Waals surface area contributed by atoms with Crippen LogP contribution in [0.3, 0.4) is 0 Å². The Bertz CT molecular complexity index is 452. The zero-order valence-corrected chi connectivity index (χ0v) is 9.45. The van der Waals surface area contributed by atoms with E-state index in [1.165, 1.54) is 7.11 Å². The highest BCUT2D eigenvalue weighted by Crippen LogP contribution is 2.33. The van der Waals surface area contributed by atoms with E-state index in [9.17, 15) is 18.0 Å². The SMILES string of the molecule is COc1cc(NC(C)(C(=O)O)C(F)(F)F)ncn1. The van der Waals surface area contributed by atoms with Crippen molar-refractivity contribution in [3.05, 3.63) is 12.4 Å². The summed E-state index contributed by atoms with van der Waals surface area (Å²) in [6.07, 6.45) is -4.03. The highest BCUT2D eigenvalue weighted by Gasteiger charge is 2.57. The third-order valence-electron chi connectivity index (χ3n) is 2.22. The maximum atomic E-state index is 12.7. The number of nitrogens with one attached hydrogen (secondary N) is 1. The largest absolute Gasteiger partial charge is 0.481 e. The number of methoxy groups -OCH3 is 1. The van der Waals surface area contributed by atoms with Gasteiger partial charge in [-0.15, -0.1) is 0 Å². The molecule has 1 aromatic rings. The summed E-state index contributed by atoms with van der Waals surface area (Å²) in [4.78, 5) is 17.9. The van der Waals surface area contributed by atoms with E-state index in [-0.39, 0.29) is 11.7 Å². The normalized spacial score (nSPS) is 14.7. The molecule has 0 aliphatic heterocycles. The highest BCUT2D eigenvalue weighted by atomic mass is 19.4. The van der Waals surface area contributed by atoms with Gasteiger partial charge in [-0.2, -0.15) is 13.2 Å². The fourth-order valence-electron chi connectivity index (χ4n) is 1.02. The molecule has 1 heterocycles. The van der Waals surface area contributed by atoms with Crippen molar-refractivity contribution < 1.29 is 27.8 Å². The maximum absolute atomic E-state index is 12.7. The van der Waals surface area contributed by atoms with Crippen molar-refractivity contribution in [1.82, 2.24) is 9.97 Å². The maximum Gasteiger partial charge on any atom is 0.422 e. The molecule has 0 fully saturated rings. The Kier molecular flexibility index (Phi) is 3.63. The third kappa shape index (κ3) is 2.60. The molecule has 0 radical (unpaired) electrons. The van der Waals surface area contributed by atoms with Crippen molar-refractivity contribution in [1.29, 1.82) is 0 Å². The monoisotopic (exact) mass is 265 g/mol. The summed E-state index contributed by atoms with van der Waals surface area (Å²) in [5.74, 6) is -2.35. The van der Waals surface area contributed by atoms with E-state index in [1.54, 1.807) is 0 Å². The summed E-state index contributed by atoms with van der Waals surface area (Å²) in [5, 5.41) is 10.5. The van der Waals surface area contributed by atoms with E-state index in [0.717, 1.165) is 12.4 Å². The van der Waals surface area contributed by atoms with Crippen molar-refractivity contribution in [2.24, 2.45) is 0 Å². The third-order valence-corrected chi connectivity index (χ3v) is 2.22. The van der Waals surface area contributed by atoms with E-state index in [1.807, 2.05) is 5.32 Å². The number of hydrogen-bond donors (Lipinski definition) is 2. The van der Waals surface area contributed by atoms with Gasteiger partial charge in [-0.1, -0.05) is 0 Å². The van der Waals surface area contributed by atoms with Crippen LogP contribution in [-0.4, -0.2) is 39.9 Å². The quantitative estimate of drug-likeness (QED) is 0.853. The molecule has 1 rings (SSSR count). The lowest BCUT2D eigenvalue weighted by Crippen LogP contribution is -2.55. The molecule has 1 unspecified atom stereocenters. The molecule has 9 heteroatoms. The number of aliphatic carboxylic acids is 1. The average molecular weight is 265 g/mol. The lowest BCUT2D eigenvalue weighted by molar-refractivity contribution is -0.192. The van der Waals surface area contributed by atoms with Gasteiger partial charge in [0, 0.05) is 6.07 Å². The first kappa shape index (κ1) is 14.0. The van der Waals surface area contributed by atoms with Gasteiger partial charge in [-0.25, -0.2) is 14.8 Å². The predicted molar refractivity (Wildman–Crippen MR) is 54.3 cm³/mol. The average Bonchev–Trinajstić information content (AvgIpc) is 2.27. The molecule has 0 aliphatic carbocycles. The lowest BCUT2D eigenvalue weighted by Gasteiger charge is -2.28. The fourth-order valence-corrected chi connectivity index (χ4v) is 1.02. The Balaban J connectivity index is 3.08. The molecule has 0 saturated carbocycles. The van der Waals surface area contributed by atoms with E-state index in [4.69, 9.17) is 9.84 Å². The molecule has 100 valence electrons. The van der Waals surface area contributed by atoms with Crippen LogP contribution in [0.5, 0.6) is 5.88 Å². The molecular formula is C9H10F3N3O3. The molecule has 0 bridgehead atoms. The minimum Gasteiger partial charge on any atom is -0.481 e. The fraction of sp³-hybridized carbons (Fsp3) is 0.444. The minimum atomic E-state index is -4.99. The van der Waals surface area contributed by atoms with Crippen molar-refractivity contribution in [2.45, 2.75) is 18.6 Å². The highest BCUT2D eigenvalue weighted by molar-refractivity contribution is 5.83. The first-order valence-corrected chi connectivity index (χ1v) is 4.65. The van der Waals surface area contributed by atoms with E-state index in [0.29, 0.717) is 6.92 Å². The smallest absolute Gasteiger partial charge is 0.422 e. The number of nitrogens with zero attached hydrogens (tertiary/aromatic N) is 2. The Labute approximate surface area is 99.8 Å². The zero-order chi connectivity index (χ0) is 14.0. The van der Waals surface area contributed by atoms with Crippen molar-refractivity contribution in [2.75, 3.05) is 12.4 Å². The summed E-state index contributed by atoms with van der Waals surface area (Å²) in [7, 11) is 1.27. The van der Waals surface area contributed by atoms with E-state index in [2.05, 4.69) is 9.97 Å². The molecule has 0 aliphatic rings. The summed E-state index contributed by atoms with van der Waals surface area (Å²) in [6, 6.07) is 1.06. The number of carboxylic acid groups (broad SMARTS) is 1. The molecular weight excluding hydrogens is 255 g/mol. The van der Waals surface area contributed by atoms with Crippen LogP contribution >= 0.6 is 0 Å². The molecule has 6 nitrogen and oxygen atoms in total. The molecule has 0 aromatic carbocycles. The summed E-state index contributed by atoms with van der Waals surface area (Å²) in [5.41, 5.74) is -3.15. The van der Waals surface area contributed by atoms with E-state index < -0.39 is 17.7 Å². The first-order chi connectivity index (χ1) is 8.20. The molecule has 0 spiro atoms. The topological polar surface area (TPSA) is 84.3 Å². The van der Waals surface area contributed by atoms with Gasteiger partial charge in [0.25, 0.3) is 0 Å². The number of halogens is 3. The molecule has 2 N–H and O–H groups in total. The van der Waals surface area contributed by atoms with Crippen LogP contribution in [0.25, 0.3) is 0 Å². The summed E-state index contributed by atoms with van der Waals surface area (Å²) in [6.45, 7) is 0.504. The Morgan fingerprint density at radius 2 is 2.06 bits per heavy atom. The Morgan fingerprint density at radius 1 is 1.44 bits per heavy atom. The number of alkyl halides is 3. The Morgan fingerprint density at radius 3 is 2.50 bits per heavy atom. The van der Waals surface area contributed by atoms with Gasteiger partial charge in [0.05, 0.1) is 7.11 Å². The first-order valence-electron chi connectivity index (χ1n) is 4.65. The number of anilines is 1. The van der Waals surface area contributed by atoms with E-state index >= 15 is 0 Å². The van der Waals surface area contributed by atoms with Gasteiger partial charge >= 0.3 is 12.1 Å². The van der Waals surface area contributed by atoms with Gasteiger partial charge in [0.15, 0.2) is 0 Å². The number of carbonyl (C=O) groups is 1. The van der Waals surface area contributed by atoms with Gasteiger partial charge < -0.3 is 15.2 Å². The second kappa shape index (κ2) is 4.67. The van der Waals surface area contributed by atoms with Gasteiger partial charge in [-0.05, 0) is 6.92 Å². The molecule has 0 amide bonds. The number of ether oxygens (including phenoxy) is 1. The van der Waals surface area contributed by atoms with Crippen LogP contribution in [0.2, 0.25) is 0 Å². The van der Waals surface area contributed by atoms with Gasteiger partial charge in [-0.3, -0.25) is 0 Å². The molecule has 1 atom stereocenters. The predicted octanol–water partition coefficient (Wildman–Crippen LogP) is 1.30. The minimum absolute atomic E-state index is 0.0161. The summed E-state index contributed by atoms with van der Waals surface area (Å²) < 4.78 is 42.8. The van der Waals surface area contributed by atoms with Crippen LogP contribution in [-0.2, 0) is 4.79 Å². The van der Waals surface area contributed by atoms with Crippen LogP contribution < -0.4 is 10.1 Å². The number of hydrogen-bond acceptors (Lipinski definition) is 5. The zero-order valence-electron chi connectivity index (χ0n) is 9.45. The summed E-state index contributed by atoms with van der Waals surface area (Å²) >= 11 is 0. The standard InChI is InChI=1S/C9H10F3N3O3/c1-8(7(16)17,9(10,11)12)15-5-3-6(18-2)14-4-13-5/h3-4H,1-2H3,(H,16,17)(H,13,14,15). The van der Waals surface area contributed by atoms with Crippen molar-refractivity contribution >= 4 is 11.8 Å². The van der Waals surface area contributed by atoms with Crippen LogP contribution in [0.1, 0.15) is 6.92 Å². The van der Waals surface area contributed by atoms with Crippen molar-refractivity contribution in [3.63, 3.8) is 0 Å². The lowest BCUT2D eigenvalue weighted by atomic mass is 10.0. The number of aromatic nitrogens is 2. The second-order valence-electron chi connectivity index (χ2n) is 3.50. The second-order valence-corrected chi connectivity index (χ2v) is 3.50. The van der Waals surface area contributed by atoms with Crippen LogP contribution in [0.4, 0.5) is 19.0 Å². The van der Waals surface area contributed by atoms with Gasteiger partial charge in [0.1, 0.15) is 12.1 Å². The molecule has 18 heavy (non-hydrogen) atoms. The number of carboxylic acids is 1. The van der Waals surface area contributed by atoms with Crippen molar-refractivity contribution in [3.8, 4) is 5.88 Å². The van der Waals surface area contributed by atoms with Crippen LogP contribution in [0, 0.1) is 0 Å². The number of rotatable bonds is 4. The van der Waals surface area contributed by atoms with Crippen LogP contribution in [0.15, 0.2) is 12.4 Å².